The predicted octanol–water partition coefficient (Wildman–Crippen LogP) is 2.79. The van der Waals surface area contributed by atoms with Crippen molar-refractivity contribution in [1.82, 2.24) is 9.97 Å². The quantitative estimate of drug-likeness (QED) is 0.541. The van der Waals surface area contributed by atoms with Crippen molar-refractivity contribution in [1.29, 1.82) is 0 Å². The van der Waals surface area contributed by atoms with E-state index >= 15 is 0 Å². The summed E-state index contributed by atoms with van der Waals surface area (Å²) >= 11 is 0. The molecule has 0 atom stereocenters. The third-order valence-electron chi connectivity index (χ3n) is 3.20. The van der Waals surface area contributed by atoms with Gasteiger partial charge in [-0.25, -0.2) is 9.78 Å². The third kappa shape index (κ3) is 4.54. The van der Waals surface area contributed by atoms with Crippen molar-refractivity contribution >= 4 is 12.0 Å². The molecular weight excluding hydrogens is 304 g/mol. The van der Waals surface area contributed by atoms with Crippen molar-refractivity contribution in [3.05, 3.63) is 88.5 Å². The van der Waals surface area contributed by atoms with E-state index in [9.17, 15) is 4.79 Å². The molecule has 0 radical (unpaired) electrons. The Morgan fingerprint density at radius 3 is 2.62 bits per heavy atom. The summed E-state index contributed by atoms with van der Waals surface area (Å²) in [4.78, 5) is 17.1. The molecule has 0 aliphatic heterocycles. The van der Waals surface area contributed by atoms with Crippen LogP contribution in [0, 0.1) is 0 Å². The van der Waals surface area contributed by atoms with Gasteiger partial charge in [0.05, 0.1) is 6.21 Å². The number of hydrogen-bond acceptors (Lipinski definition) is 5. The molecule has 2 aromatic carbocycles. The van der Waals surface area contributed by atoms with Crippen LogP contribution in [0.5, 0.6) is 5.75 Å². The van der Waals surface area contributed by atoms with Gasteiger partial charge in [-0.05, 0) is 41.5 Å². The Labute approximate surface area is 138 Å². The number of benzene rings is 2. The maximum absolute atomic E-state index is 11.1. The summed E-state index contributed by atoms with van der Waals surface area (Å²) < 4.78 is 5.73. The van der Waals surface area contributed by atoms with Crippen LogP contribution in [0.2, 0.25) is 0 Å². The molecule has 1 aromatic heterocycles. The normalized spacial score (nSPS) is 10.7. The topological polar surface area (TPSA) is 79.4 Å². The minimum atomic E-state index is -0.421. The molecule has 3 aromatic rings. The van der Waals surface area contributed by atoms with Crippen LogP contribution in [0.3, 0.4) is 0 Å². The van der Waals surface area contributed by atoms with Crippen LogP contribution in [-0.2, 0) is 6.61 Å². The van der Waals surface area contributed by atoms with E-state index < -0.39 is 5.69 Å². The highest BCUT2D eigenvalue weighted by Crippen LogP contribution is 2.13. The SMILES string of the molecule is O=c1nccc(NN=Cc2ccc(OCc3ccccc3)cc2)[nH]1. The molecule has 6 nitrogen and oxygen atoms in total. The van der Waals surface area contributed by atoms with Crippen molar-refractivity contribution in [3.8, 4) is 5.75 Å². The number of aromatic nitrogens is 2. The Morgan fingerprint density at radius 1 is 1.08 bits per heavy atom. The number of hydrogen-bond donors (Lipinski definition) is 2. The molecule has 2 N–H and O–H groups in total. The average molecular weight is 320 g/mol. The van der Waals surface area contributed by atoms with Crippen LogP contribution < -0.4 is 15.9 Å². The number of nitrogens with one attached hydrogen (secondary N) is 2. The number of nitrogens with zero attached hydrogens (tertiary/aromatic N) is 2. The zero-order valence-corrected chi connectivity index (χ0v) is 12.8. The maximum atomic E-state index is 11.1. The van der Waals surface area contributed by atoms with Gasteiger partial charge < -0.3 is 4.74 Å². The molecule has 6 heteroatoms. The van der Waals surface area contributed by atoms with Crippen molar-refractivity contribution in [2.75, 3.05) is 5.43 Å². The van der Waals surface area contributed by atoms with E-state index in [1.807, 2.05) is 54.6 Å². The van der Waals surface area contributed by atoms with Crippen LogP contribution in [0.1, 0.15) is 11.1 Å². The lowest BCUT2D eigenvalue weighted by Gasteiger charge is -2.06. The molecule has 1 heterocycles. The largest absolute Gasteiger partial charge is 0.489 e. The van der Waals surface area contributed by atoms with Crippen molar-refractivity contribution in [2.45, 2.75) is 6.61 Å². The molecule has 3 rings (SSSR count). The Kier molecular flexibility index (Phi) is 4.99. The summed E-state index contributed by atoms with van der Waals surface area (Å²) in [5.41, 5.74) is 4.35. The first kappa shape index (κ1) is 15.5. The maximum Gasteiger partial charge on any atom is 0.346 e. The van der Waals surface area contributed by atoms with Gasteiger partial charge in [-0.2, -0.15) is 5.10 Å². The highest BCUT2D eigenvalue weighted by Gasteiger charge is 1.96. The zero-order chi connectivity index (χ0) is 16.6. The van der Waals surface area contributed by atoms with Crippen LogP contribution in [0.4, 0.5) is 5.82 Å². The predicted molar refractivity (Wildman–Crippen MR) is 93.3 cm³/mol. The molecule has 0 unspecified atom stereocenters. The highest BCUT2D eigenvalue weighted by atomic mass is 16.5. The van der Waals surface area contributed by atoms with Gasteiger partial charge in [0.15, 0.2) is 0 Å². The molecule has 0 amide bonds. The molecule has 120 valence electrons. The fourth-order valence-corrected chi connectivity index (χ4v) is 2.00. The minimum absolute atomic E-state index is 0.421. The van der Waals surface area contributed by atoms with E-state index in [1.54, 1.807) is 12.3 Å². The van der Waals surface area contributed by atoms with Gasteiger partial charge in [0, 0.05) is 6.20 Å². The molecule has 0 spiro atoms. The van der Waals surface area contributed by atoms with Gasteiger partial charge in [-0.1, -0.05) is 30.3 Å². The fraction of sp³-hybridized carbons (Fsp3) is 0.0556. The van der Waals surface area contributed by atoms with E-state index in [0.717, 1.165) is 16.9 Å². The average Bonchev–Trinajstić information content (AvgIpc) is 2.62. The second kappa shape index (κ2) is 7.73. The summed E-state index contributed by atoms with van der Waals surface area (Å²) in [7, 11) is 0. The Morgan fingerprint density at radius 2 is 1.88 bits per heavy atom. The Balaban J connectivity index is 1.54. The number of rotatable bonds is 6. The smallest absolute Gasteiger partial charge is 0.346 e. The van der Waals surface area contributed by atoms with E-state index in [-0.39, 0.29) is 0 Å². The van der Waals surface area contributed by atoms with E-state index in [0.29, 0.717) is 12.4 Å². The van der Waals surface area contributed by atoms with E-state index in [2.05, 4.69) is 20.5 Å². The number of H-pyrrole nitrogens is 1. The third-order valence-corrected chi connectivity index (χ3v) is 3.20. The zero-order valence-electron chi connectivity index (χ0n) is 12.8. The van der Waals surface area contributed by atoms with Crippen LogP contribution in [0.25, 0.3) is 0 Å². The first-order valence-corrected chi connectivity index (χ1v) is 7.41. The number of aromatic amines is 1. The Hall–Kier alpha value is -3.41. The monoisotopic (exact) mass is 320 g/mol. The van der Waals surface area contributed by atoms with Gasteiger partial charge in [0.25, 0.3) is 0 Å². The minimum Gasteiger partial charge on any atom is -0.489 e. The van der Waals surface area contributed by atoms with Crippen molar-refractivity contribution in [2.24, 2.45) is 5.10 Å². The van der Waals surface area contributed by atoms with Crippen LogP contribution in [0.15, 0.2) is 76.8 Å². The van der Waals surface area contributed by atoms with Crippen molar-refractivity contribution < 1.29 is 4.74 Å². The molecule has 0 bridgehead atoms. The summed E-state index contributed by atoms with van der Waals surface area (Å²) in [5.74, 6) is 1.27. The lowest BCUT2D eigenvalue weighted by atomic mass is 10.2. The van der Waals surface area contributed by atoms with Gasteiger partial charge >= 0.3 is 5.69 Å². The molecule has 0 saturated heterocycles. The molecule has 0 fully saturated rings. The lowest BCUT2D eigenvalue weighted by Crippen LogP contribution is -2.10. The molecule has 0 saturated carbocycles. The van der Waals surface area contributed by atoms with E-state index in [4.69, 9.17) is 4.74 Å². The second-order valence-electron chi connectivity index (χ2n) is 5.00. The fourth-order valence-electron chi connectivity index (χ4n) is 2.00. The summed E-state index contributed by atoms with van der Waals surface area (Å²) in [6.07, 6.45) is 3.06. The summed E-state index contributed by atoms with van der Waals surface area (Å²) in [6, 6.07) is 19.2. The molecule has 0 aliphatic carbocycles. The van der Waals surface area contributed by atoms with Gasteiger partial charge in [-0.3, -0.25) is 10.4 Å². The molecule has 24 heavy (non-hydrogen) atoms. The van der Waals surface area contributed by atoms with Crippen molar-refractivity contribution in [3.63, 3.8) is 0 Å². The number of hydrazone groups is 1. The Bertz CT molecular complexity index is 858. The van der Waals surface area contributed by atoms with Crippen LogP contribution in [-0.4, -0.2) is 16.2 Å². The second-order valence-corrected chi connectivity index (χ2v) is 5.00. The molecular formula is C18H16N4O2. The highest BCUT2D eigenvalue weighted by molar-refractivity contribution is 5.80. The number of anilines is 1. The van der Waals surface area contributed by atoms with E-state index in [1.165, 1.54) is 6.20 Å². The standard InChI is InChI=1S/C18H16N4O2/c23-18-19-11-10-17(21-18)22-20-12-14-6-8-16(9-7-14)24-13-15-4-2-1-3-5-15/h1-12H,13H2,(H2,19,21,22,23). The molecule has 0 aliphatic rings. The lowest BCUT2D eigenvalue weighted by molar-refractivity contribution is 0.306. The van der Waals surface area contributed by atoms with Gasteiger partial charge in [0.1, 0.15) is 18.2 Å². The first-order chi connectivity index (χ1) is 11.8. The summed E-state index contributed by atoms with van der Waals surface area (Å²) in [5, 5.41) is 4.06. The van der Waals surface area contributed by atoms with Gasteiger partial charge in [-0.15, -0.1) is 0 Å². The van der Waals surface area contributed by atoms with Gasteiger partial charge in [0.2, 0.25) is 0 Å². The van der Waals surface area contributed by atoms with Crippen LogP contribution >= 0.6 is 0 Å². The number of ether oxygens (including phenoxy) is 1. The first-order valence-electron chi connectivity index (χ1n) is 7.41. The summed E-state index contributed by atoms with van der Waals surface area (Å²) in [6.45, 7) is 0.533.